The molecule has 0 aliphatic carbocycles. The van der Waals surface area contributed by atoms with E-state index in [1.165, 1.54) is 0 Å². The van der Waals surface area contributed by atoms with Gasteiger partial charge in [-0.05, 0) is 31.5 Å². The molecule has 0 bridgehead atoms. The van der Waals surface area contributed by atoms with Crippen LogP contribution in [0.3, 0.4) is 0 Å². The number of benzene rings is 1. The van der Waals surface area contributed by atoms with Gasteiger partial charge in [-0.15, -0.1) is 11.8 Å². The van der Waals surface area contributed by atoms with Gasteiger partial charge in [0.2, 0.25) is 0 Å². The Hall–Kier alpha value is -1.16. The Labute approximate surface area is 100 Å². The maximum Gasteiger partial charge on any atom is 0.306 e. The van der Waals surface area contributed by atoms with Crippen molar-refractivity contribution < 1.29 is 9.53 Å². The Bertz CT molecular complexity index is 366. The zero-order valence-electron chi connectivity index (χ0n) is 9.66. The van der Waals surface area contributed by atoms with Gasteiger partial charge in [-0.1, -0.05) is 6.07 Å². The van der Waals surface area contributed by atoms with Gasteiger partial charge in [-0.2, -0.15) is 0 Å². The lowest BCUT2D eigenvalue weighted by atomic mass is 10.2. The first-order valence-electron chi connectivity index (χ1n) is 5.28. The molecule has 0 amide bonds. The van der Waals surface area contributed by atoms with E-state index in [0.29, 0.717) is 13.0 Å². The van der Waals surface area contributed by atoms with Crippen LogP contribution in [0.5, 0.6) is 0 Å². The molecule has 1 aromatic rings. The van der Waals surface area contributed by atoms with Crippen molar-refractivity contribution in [2.24, 2.45) is 0 Å². The van der Waals surface area contributed by atoms with Crippen molar-refractivity contribution in [1.29, 1.82) is 0 Å². The van der Waals surface area contributed by atoms with Crippen molar-refractivity contribution in [3.63, 3.8) is 0 Å². The Kier molecular flexibility index (Phi) is 5.19. The predicted octanol–water partition coefficient (Wildman–Crippen LogP) is 2.62. The van der Waals surface area contributed by atoms with E-state index in [-0.39, 0.29) is 5.97 Å². The van der Waals surface area contributed by atoms with Crippen LogP contribution in [0.2, 0.25) is 0 Å². The highest BCUT2D eigenvalue weighted by atomic mass is 32.2. The molecule has 3 nitrogen and oxygen atoms in total. The Balaban J connectivity index is 2.43. The van der Waals surface area contributed by atoms with E-state index >= 15 is 0 Å². The van der Waals surface area contributed by atoms with Crippen LogP contribution in [0.25, 0.3) is 0 Å². The molecule has 0 atom stereocenters. The van der Waals surface area contributed by atoms with Gasteiger partial charge < -0.3 is 10.5 Å². The highest BCUT2D eigenvalue weighted by Gasteiger charge is 2.05. The quantitative estimate of drug-likeness (QED) is 0.487. The number of carbonyl (C=O) groups excluding carboxylic acids is 1. The lowest BCUT2D eigenvalue weighted by Gasteiger charge is -2.07. The molecule has 0 fully saturated rings. The summed E-state index contributed by atoms with van der Waals surface area (Å²) in [6.07, 6.45) is 0.437. The molecule has 0 spiro atoms. The summed E-state index contributed by atoms with van der Waals surface area (Å²) in [6.45, 7) is 4.25. The number of carbonyl (C=O) groups is 1. The molecule has 0 aliphatic heterocycles. The zero-order valence-corrected chi connectivity index (χ0v) is 10.5. The second-order valence-corrected chi connectivity index (χ2v) is 4.51. The van der Waals surface area contributed by atoms with E-state index in [9.17, 15) is 4.79 Å². The molecule has 88 valence electrons. The number of anilines is 1. The fraction of sp³-hybridized carbons (Fsp3) is 0.417. The number of hydrogen-bond donors (Lipinski definition) is 1. The van der Waals surface area contributed by atoms with Crippen LogP contribution in [-0.2, 0) is 9.53 Å². The predicted molar refractivity (Wildman–Crippen MR) is 67.6 cm³/mol. The Morgan fingerprint density at radius 1 is 1.50 bits per heavy atom. The van der Waals surface area contributed by atoms with Crippen molar-refractivity contribution in [1.82, 2.24) is 0 Å². The van der Waals surface area contributed by atoms with Crippen LogP contribution < -0.4 is 5.73 Å². The zero-order chi connectivity index (χ0) is 12.0. The Morgan fingerprint density at radius 2 is 2.25 bits per heavy atom. The second kappa shape index (κ2) is 6.43. The van der Waals surface area contributed by atoms with E-state index in [1.807, 2.05) is 32.0 Å². The van der Waals surface area contributed by atoms with Crippen molar-refractivity contribution >= 4 is 23.4 Å². The summed E-state index contributed by atoms with van der Waals surface area (Å²) < 4.78 is 4.86. The molecular formula is C12H17NO2S. The third-order valence-electron chi connectivity index (χ3n) is 2.20. The molecule has 0 radical (unpaired) electrons. The van der Waals surface area contributed by atoms with Crippen LogP contribution >= 0.6 is 11.8 Å². The van der Waals surface area contributed by atoms with Crippen molar-refractivity contribution in [2.45, 2.75) is 25.2 Å². The molecule has 16 heavy (non-hydrogen) atoms. The van der Waals surface area contributed by atoms with Crippen molar-refractivity contribution in [3.05, 3.63) is 23.8 Å². The average Bonchev–Trinajstić information content (AvgIpc) is 2.25. The largest absolute Gasteiger partial charge is 0.466 e. The highest BCUT2D eigenvalue weighted by Crippen LogP contribution is 2.26. The summed E-state index contributed by atoms with van der Waals surface area (Å²) in [6, 6.07) is 5.82. The molecule has 0 heterocycles. The minimum absolute atomic E-state index is 0.142. The molecule has 0 saturated heterocycles. The van der Waals surface area contributed by atoms with Crippen LogP contribution in [-0.4, -0.2) is 18.3 Å². The van der Waals surface area contributed by atoms with Gasteiger partial charge in [-0.3, -0.25) is 4.79 Å². The molecule has 1 aromatic carbocycles. The molecule has 0 unspecified atom stereocenters. The number of thioether (sulfide) groups is 1. The summed E-state index contributed by atoms with van der Waals surface area (Å²) in [4.78, 5) is 12.3. The summed E-state index contributed by atoms with van der Waals surface area (Å²) in [5.41, 5.74) is 7.67. The summed E-state index contributed by atoms with van der Waals surface area (Å²) >= 11 is 1.63. The molecule has 2 N–H and O–H groups in total. The first kappa shape index (κ1) is 12.9. The number of esters is 1. The number of rotatable bonds is 5. The first-order valence-corrected chi connectivity index (χ1v) is 6.27. The van der Waals surface area contributed by atoms with E-state index in [2.05, 4.69) is 0 Å². The topological polar surface area (TPSA) is 52.3 Å². The SMILES string of the molecule is CCOC(=O)CCSc1cccc(N)c1C. The van der Waals surface area contributed by atoms with Gasteiger partial charge in [0.1, 0.15) is 0 Å². The van der Waals surface area contributed by atoms with Crippen LogP contribution in [0.4, 0.5) is 5.69 Å². The third-order valence-corrected chi connectivity index (χ3v) is 3.36. The van der Waals surface area contributed by atoms with E-state index in [0.717, 1.165) is 21.9 Å². The van der Waals surface area contributed by atoms with Gasteiger partial charge in [0.05, 0.1) is 13.0 Å². The molecule has 0 saturated carbocycles. The van der Waals surface area contributed by atoms with Gasteiger partial charge in [0, 0.05) is 16.3 Å². The number of hydrogen-bond acceptors (Lipinski definition) is 4. The van der Waals surface area contributed by atoms with Crippen LogP contribution in [0.15, 0.2) is 23.1 Å². The monoisotopic (exact) mass is 239 g/mol. The van der Waals surface area contributed by atoms with Gasteiger partial charge in [0.15, 0.2) is 0 Å². The van der Waals surface area contributed by atoms with Crippen LogP contribution in [0.1, 0.15) is 18.9 Å². The smallest absolute Gasteiger partial charge is 0.306 e. The normalized spacial score (nSPS) is 10.1. The fourth-order valence-electron chi connectivity index (χ4n) is 1.27. The highest BCUT2D eigenvalue weighted by molar-refractivity contribution is 7.99. The third kappa shape index (κ3) is 3.77. The maximum atomic E-state index is 11.1. The second-order valence-electron chi connectivity index (χ2n) is 3.37. The van der Waals surface area contributed by atoms with Crippen molar-refractivity contribution in [2.75, 3.05) is 18.1 Å². The molecule has 0 aliphatic rings. The fourth-order valence-corrected chi connectivity index (χ4v) is 2.26. The van der Waals surface area contributed by atoms with E-state index in [4.69, 9.17) is 10.5 Å². The number of ether oxygens (including phenoxy) is 1. The molecule has 0 aromatic heterocycles. The van der Waals surface area contributed by atoms with E-state index in [1.54, 1.807) is 11.8 Å². The minimum atomic E-state index is -0.142. The Morgan fingerprint density at radius 3 is 2.94 bits per heavy atom. The summed E-state index contributed by atoms with van der Waals surface area (Å²) in [7, 11) is 0. The first-order chi connectivity index (χ1) is 7.65. The average molecular weight is 239 g/mol. The molecule has 1 rings (SSSR count). The van der Waals surface area contributed by atoms with Gasteiger partial charge >= 0.3 is 5.97 Å². The lowest BCUT2D eigenvalue weighted by molar-refractivity contribution is -0.142. The number of nitrogen functional groups attached to an aromatic ring is 1. The van der Waals surface area contributed by atoms with Crippen molar-refractivity contribution in [3.8, 4) is 0 Å². The van der Waals surface area contributed by atoms with E-state index < -0.39 is 0 Å². The number of nitrogens with two attached hydrogens (primary N) is 1. The standard InChI is InChI=1S/C12H17NO2S/c1-3-15-12(14)7-8-16-11-6-4-5-10(13)9(11)2/h4-6H,3,7-8,13H2,1-2H3. The maximum absolute atomic E-state index is 11.1. The summed E-state index contributed by atoms with van der Waals surface area (Å²) in [5.74, 6) is 0.583. The minimum Gasteiger partial charge on any atom is -0.466 e. The molecule has 4 heteroatoms. The lowest BCUT2D eigenvalue weighted by Crippen LogP contribution is -2.04. The van der Waals surface area contributed by atoms with Gasteiger partial charge in [0.25, 0.3) is 0 Å². The summed E-state index contributed by atoms with van der Waals surface area (Å²) in [5, 5.41) is 0. The molecular weight excluding hydrogens is 222 g/mol. The van der Waals surface area contributed by atoms with Crippen LogP contribution in [0, 0.1) is 6.92 Å². The van der Waals surface area contributed by atoms with Gasteiger partial charge in [-0.25, -0.2) is 0 Å².